The highest BCUT2D eigenvalue weighted by molar-refractivity contribution is 14.1. The SMILES string of the molecule is OC(Cc1ccc(F)cc1Cl)c1cccc(I)c1. The van der Waals surface area contributed by atoms with E-state index in [-0.39, 0.29) is 5.82 Å². The van der Waals surface area contributed by atoms with E-state index in [1.807, 2.05) is 24.3 Å². The van der Waals surface area contributed by atoms with Crippen LogP contribution in [0.3, 0.4) is 0 Å². The first kappa shape index (κ1) is 13.8. The zero-order valence-electron chi connectivity index (χ0n) is 9.41. The van der Waals surface area contributed by atoms with Crippen LogP contribution in [0.5, 0.6) is 0 Å². The lowest BCUT2D eigenvalue weighted by molar-refractivity contribution is 0.178. The highest BCUT2D eigenvalue weighted by atomic mass is 127. The van der Waals surface area contributed by atoms with Gasteiger partial charge in [-0.15, -0.1) is 0 Å². The van der Waals surface area contributed by atoms with E-state index in [4.69, 9.17) is 11.6 Å². The summed E-state index contributed by atoms with van der Waals surface area (Å²) < 4.78 is 14.0. The van der Waals surface area contributed by atoms with Gasteiger partial charge >= 0.3 is 0 Å². The molecule has 18 heavy (non-hydrogen) atoms. The number of benzene rings is 2. The Kier molecular flexibility index (Phi) is 4.59. The normalized spacial score (nSPS) is 12.4. The predicted octanol–water partition coefficient (Wildman–Crippen LogP) is 4.36. The molecule has 0 radical (unpaired) electrons. The van der Waals surface area contributed by atoms with Gasteiger partial charge in [0.05, 0.1) is 6.10 Å². The fraction of sp³-hybridized carbons (Fsp3) is 0.143. The smallest absolute Gasteiger partial charge is 0.124 e. The Bertz CT molecular complexity index is 559. The summed E-state index contributed by atoms with van der Waals surface area (Å²) >= 11 is 8.13. The molecule has 0 amide bonds. The average Bonchev–Trinajstić information content (AvgIpc) is 2.32. The first-order chi connectivity index (χ1) is 8.56. The Balaban J connectivity index is 2.18. The second kappa shape index (κ2) is 5.99. The van der Waals surface area contributed by atoms with Crippen molar-refractivity contribution < 1.29 is 9.50 Å². The molecule has 0 aliphatic heterocycles. The zero-order chi connectivity index (χ0) is 13.1. The van der Waals surface area contributed by atoms with Crippen molar-refractivity contribution in [3.05, 3.63) is 68.0 Å². The van der Waals surface area contributed by atoms with Gasteiger partial charge in [0.2, 0.25) is 0 Å². The molecule has 0 fully saturated rings. The van der Waals surface area contributed by atoms with Crippen LogP contribution in [-0.2, 0) is 6.42 Å². The van der Waals surface area contributed by atoms with E-state index in [1.54, 1.807) is 6.07 Å². The third kappa shape index (κ3) is 3.43. The number of aliphatic hydroxyl groups is 1. The number of rotatable bonds is 3. The molecule has 1 unspecified atom stereocenters. The van der Waals surface area contributed by atoms with Crippen molar-refractivity contribution in [3.8, 4) is 0 Å². The van der Waals surface area contributed by atoms with Crippen LogP contribution >= 0.6 is 34.2 Å². The fourth-order valence-corrected chi connectivity index (χ4v) is 2.54. The van der Waals surface area contributed by atoms with Crippen molar-refractivity contribution in [3.63, 3.8) is 0 Å². The molecule has 1 N–H and O–H groups in total. The van der Waals surface area contributed by atoms with Crippen LogP contribution in [0, 0.1) is 9.39 Å². The van der Waals surface area contributed by atoms with Gasteiger partial charge in [0.25, 0.3) is 0 Å². The molecule has 4 heteroatoms. The number of halogens is 3. The van der Waals surface area contributed by atoms with Gasteiger partial charge < -0.3 is 5.11 Å². The Morgan fingerprint density at radius 3 is 2.67 bits per heavy atom. The van der Waals surface area contributed by atoms with Crippen molar-refractivity contribution in [1.82, 2.24) is 0 Å². The number of aliphatic hydroxyl groups excluding tert-OH is 1. The monoisotopic (exact) mass is 376 g/mol. The maximum Gasteiger partial charge on any atom is 0.124 e. The Labute approximate surface area is 124 Å². The fourth-order valence-electron chi connectivity index (χ4n) is 1.73. The van der Waals surface area contributed by atoms with E-state index in [0.29, 0.717) is 11.4 Å². The van der Waals surface area contributed by atoms with E-state index >= 15 is 0 Å². The minimum absolute atomic E-state index is 0.347. The van der Waals surface area contributed by atoms with Crippen LogP contribution in [0.15, 0.2) is 42.5 Å². The second-order valence-electron chi connectivity index (χ2n) is 4.01. The highest BCUT2D eigenvalue weighted by Crippen LogP contribution is 2.25. The summed E-state index contributed by atoms with van der Waals surface area (Å²) in [5.41, 5.74) is 1.58. The minimum Gasteiger partial charge on any atom is -0.388 e. The van der Waals surface area contributed by atoms with E-state index in [2.05, 4.69) is 22.6 Å². The van der Waals surface area contributed by atoms with Gasteiger partial charge in [0.1, 0.15) is 5.82 Å². The molecule has 2 aromatic carbocycles. The maximum atomic E-state index is 12.9. The summed E-state index contributed by atoms with van der Waals surface area (Å²) in [5, 5.41) is 10.5. The molecule has 0 saturated carbocycles. The molecule has 94 valence electrons. The van der Waals surface area contributed by atoms with Gasteiger partial charge in [-0.3, -0.25) is 0 Å². The number of hydrogen-bond donors (Lipinski definition) is 1. The van der Waals surface area contributed by atoms with Crippen LogP contribution < -0.4 is 0 Å². The lowest BCUT2D eigenvalue weighted by Crippen LogP contribution is -2.02. The van der Waals surface area contributed by atoms with Gasteiger partial charge in [0.15, 0.2) is 0 Å². The Hall–Kier alpha value is -0.650. The summed E-state index contributed by atoms with van der Waals surface area (Å²) in [4.78, 5) is 0. The van der Waals surface area contributed by atoms with Gasteiger partial charge in [-0.25, -0.2) is 4.39 Å². The molecule has 1 atom stereocenters. The molecule has 1 nitrogen and oxygen atoms in total. The summed E-state index contributed by atoms with van der Waals surface area (Å²) in [6.45, 7) is 0. The maximum absolute atomic E-state index is 12.9. The molecule has 2 aromatic rings. The third-order valence-electron chi connectivity index (χ3n) is 2.66. The van der Waals surface area contributed by atoms with Crippen molar-refractivity contribution in [2.45, 2.75) is 12.5 Å². The largest absolute Gasteiger partial charge is 0.388 e. The van der Waals surface area contributed by atoms with Gasteiger partial charge in [-0.1, -0.05) is 29.8 Å². The quantitative estimate of drug-likeness (QED) is 0.789. The summed E-state index contributed by atoms with van der Waals surface area (Å²) in [6, 6.07) is 11.9. The molecular weight excluding hydrogens is 366 g/mol. The van der Waals surface area contributed by atoms with E-state index in [0.717, 1.165) is 14.7 Å². The highest BCUT2D eigenvalue weighted by Gasteiger charge is 2.11. The van der Waals surface area contributed by atoms with Crippen LogP contribution in [0.4, 0.5) is 4.39 Å². The van der Waals surface area contributed by atoms with Crippen LogP contribution in [-0.4, -0.2) is 5.11 Å². The van der Waals surface area contributed by atoms with Crippen LogP contribution in [0.2, 0.25) is 5.02 Å². The lowest BCUT2D eigenvalue weighted by atomic mass is 10.0. The topological polar surface area (TPSA) is 20.2 Å². The van der Waals surface area contributed by atoms with Crippen molar-refractivity contribution in [2.75, 3.05) is 0 Å². The van der Waals surface area contributed by atoms with Crippen molar-refractivity contribution >= 4 is 34.2 Å². The van der Waals surface area contributed by atoms with Gasteiger partial charge in [0, 0.05) is 15.0 Å². The molecular formula is C14H11ClFIO. The van der Waals surface area contributed by atoms with Gasteiger partial charge in [-0.2, -0.15) is 0 Å². The standard InChI is InChI=1S/C14H11ClFIO/c15-13-8-11(16)5-4-9(13)7-14(18)10-2-1-3-12(17)6-10/h1-6,8,14,18H,7H2. The molecule has 0 aromatic heterocycles. The Morgan fingerprint density at radius 2 is 2.00 bits per heavy atom. The van der Waals surface area contributed by atoms with Crippen molar-refractivity contribution in [1.29, 1.82) is 0 Å². The summed E-state index contributed by atoms with van der Waals surface area (Å²) in [6.07, 6.45) is -0.262. The van der Waals surface area contributed by atoms with Gasteiger partial charge in [-0.05, 0) is 58.0 Å². The first-order valence-corrected chi connectivity index (χ1v) is 6.89. The number of hydrogen-bond acceptors (Lipinski definition) is 1. The molecule has 0 aliphatic carbocycles. The molecule has 0 spiro atoms. The van der Waals surface area contributed by atoms with Crippen LogP contribution in [0.25, 0.3) is 0 Å². The summed E-state index contributed by atoms with van der Waals surface area (Å²) in [5.74, 6) is -0.368. The van der Waals surface area contributed by atoms with E-state index in [9.17, 15) is 9.50 Å². The molecule has 0 saturated heterocycles. The van der Waals surface area contributed by atoms with E-state index in [1.165, 1.54) is 12.1 Å². The zero-order valence-corrected chi connectivity index (χ0v) is 12.3. The molecule has 2 rings (SSSR count). The third-order valence-corrected chi connectivity index (χ3v) is 3.68. The summed E-state index contributed by atoms with van der Waals surface area (Å²) in [7, 11) is 0. The lowest BCUT2D eigenvalue weighted by Gasteiger charge is -2.12. The van der Waals surface area contributed by atoms with E-state index < -0.39 is 6.10 Å². The van der Waals surface area contributed by atoms with Crippen molar-refractivity contribution in [2.24, 2.45) is 0 Å². The second-order valence-corrected chi connectivity index (χ2v) is 5.66. The Morgan fingerprint density at radius 1 is 1.22 bits per heavy atom. The molecule has 0 aliphatic rings. The molecule has 0 heterocycles. The minimum atomic E-state index is -0.636. The predicted molar refractivity (Wildman–Crippen MR) is 79.2 cm³/mol. The van der Waals surface area contributed by atoms with Crippen LogP contribution in [0.1, 0.15) is 17.2 Å². The molecule has 0 bridgehead atoms. The average molecular weight is 377 g/mol. The first-order valence-electron chi connectivity index (χ1n) is 5.44.